The molecule has 2 aliphatic rings. The predicted octanol–water partition coefficient (Wildman–Crippen LogP) is 5.99. The molecule has 176 valence electrons. The van der Waals surface area contributed by atoms with E-state index in [0.717, 1.165) is 46.1 Å². The Labute approximate surface area is 209 Å². The largest absolute Gasteiger partial charge is 0.497 e. The molecular weight excluding hydrogens is 471 g/mol. The number of aryl methyl sites for hydroxylation is 1. The number of benzene rings is 2. The van der Waals surface area contributed by atoms with Crippen LogP contribution in [-0.2, 0) is 24.5 Å². The molecule has 0 unspecified atom stereocenters. The highest BCUT2D eigenvalue weighted by Gasteiger charge is 2.35. The van der Waals surface area contributed by atoms with Crippen molar-refractivity contribution >= 4 is 35.5 Å². The first-order valence-electron chi connectivity index (χ1n) is 11.3. The van der Waals surface area contributed by atoms with E-state index in [9.17, 15) is 0 Å². The molecule has 1 aliphatic carbocycles. The Morgan fingerprint density at radius 1 is 1.12 bits per heavy atom. The maximum absolute atomic E-state index is 6.62. The summed E-state index contributed by atoms with van der Waals surface area (Å²) in [5, 5.41) is 5.42. The smallest absolute Gasteiger partial charge is 0.165 e. The van der Waals surface area contributed by atoms with Gasteiger partial charge in [0.15, 0.2) is 5.65 Å². The third-order valence-electron chi connectivity index (χ3n) is 6.49. The normalized spacial score (nSPS) is 14.7. The fraction of sp³-hybridized carbons (Fsp3) is 0.308. The van der Waals surface area contributed by atoms with Gasteiger partial charge in [-0.3, -0.25) is 0 Å². The van der Waals surface area contributed by atoms with Crippen molar-refractivity contribution in [3.63, 3.8) is 0 Å². The maximum Gasteiger partial charge on any atom is 0.165 e. The van der Waals surface area contributed by atoms with Crippen LogP contribution < -0.4 is 9.64 Å². The van der Waals surface area contributed by atoms with E-state index in [1.54, 1.807) is 7.11 Å². The van der Waals surface area contributed by atoms with Gasteiger partial charge in [0, 0.05) is 29.3 Å². The Morgan fingerprint density at radius 3 is 2.62 bits per heavy atom. The Kier molecular flexibility index (Phi) is 6.15. The summed E-state index contributed by atoms with van der Waals surface area (Å²) in [5.74, 6) is 1.81. The van der Waals surface area contributed by atoms with E-state index in [1.165, 1.54) is 24.0 Å². The van der Waals surface area contributed by atoms with E-state index >= 15 is 0 Å². The molecule has 3 heterocycles. The third kappa shape index (κ3) is 4.00. The first-order valence-corrected chi connectivity index (χ1v) is 11.6. The zero-order valence-electron chi connectivity index (χ0n) is 19.1. The predicted molar refractivity (Wildman–Crippen MR) is 136 cm³/mol. The molecule has 4 aromatic rings. The van der Waals surface area contributed by atoms with Gasteiger partial charge >= 0.3 is 0 Å². The molecule has 6 nitrogen and oxygen atoms in total. The maximum atomic E-state index is 6.62. The average molecular weight is 497 g/mol. The molecule has 0 radical (unpaired) electrons. The molecule has 8 heteroatoms. The highest BCUT2D eigenvalue weighted by atomic mass is 35.5. The summed E-state index contributed by atoms with van der Waals surface area (Å²) >= 11 is 6.62. The van der Waals surface area contributed by atoms with Crippen molar-refractivity contribution in [2.24, 2.45) is 0 Å². The lowest BCUT2D eigenvalue weighted by Crippen LogP contribution is -2.29. The van der Waals surface area contributed by atoms with Crippen molar-refractivity contribution in [1.82, 2.24) is 14.6 Å². The summed E-state index contributed by atoms with van der Waals surface area (Å²) in [6.45, 7) is 4.02. The van der Waals surface area contributed by atoms with Gasteiger partial charge in [-0.1, -0.05) is 41.4 Å². The molecule has 1 aliphatic heterocycles. The number of hydrogen-bond donors (Lipinski definition) is 0. The minimum Gasteiger partial charge on any atom is -0.497 e. The number of ether oxygens (including phenoxy) is 2. The number of methoxy groups -OCH3 is 1. The monoisotopic (exact) mass is 496 g/mol. The number of halogens is 2. The van der Waals surface area contributed by atoms with E-state index < -0.39 is 0 Å². The lowest BCUT2D eigenvalue weighted by atomic mass is 10.1. The number of anilines is 1. The second kappa shape index (κ2) is 9.10. The molecule has 0 amide bonds. The van der Waals surface area contributed by atoms with Crippen LogP contribution in [0.1, 0.15) is 35.2 Å². The van der Waals surface area contributed by atoms with Gasteiger partial charge in [0.05, 0.1) is 37.2 Å². The quantitative estimate of drug-likeness (QED) is 0.328. The van der Waals surface area contributed by atoms with Crippen LogP contribution in [0.3, 0.4) is 0 Å². The zero-order chi connectivity index (χ0) is 22.5. The fourth-order valence-electron chi connectivity index (χ4n) is 4.55. The molecule has 1 saturated carbocycles. The van der Waals surface area contributed by atoms with Crippen LogP contribution in [0.2, 0.25) is 5.02 Å². The van der Waals surface area contributed by atoms with Crippen LogP contribution in [0.25, 0.3) is 16.8 Å². The lowest BCUT2D eigenvalue weighted by molar-refractivity contribution is 0.133. The molecule has 6 rings (SSSR count). The van der Waals surface area contributed by atoms with Gasteiger partial charge in [-0.05, 0) is 43.5 Å². The fourth-order valence-corrected chi connectivity index (χ4v) is 4.83. The average Bonchev–Trinajstić information content (AvgIpc) is 3.42. The SMILES string of the molecule is COc1ccc(-c2cnn3c(N(Cc4ccc(C)cc4)C4CC4)c4c(nc23)COC4)c(Cl)c1.Cl. The lowest BCUT2D eigenvalue weighted by Gasteiger charge is -2.27. The second-order valence-corrected chi connectivity index (χ2v) is 9.24. The molecular formula is C26H26Cl2N4O2. The van der Waals surface area contributed by atoms with Gasteiger partial charge in [0.2, 0.25) is 0 Å². The summed E-state index contributed by atoms with van der Waals surface area (Å²) in [6.07, 6.45) is 4.24. The van der Waals surface area contributed by atoms with E-state index in [0.29, 0.717) is 24.3 Å². The number of aromatic nitrogens is 3. The number of nitrogens with zero attached hydrogens (tertiary/aromatic N) is 4. The van der Waals surface area contributed by atoms with Crippen LogP contribution in [-0.4, -0.2) is 27.7 Å². The first kappa shape index (κ1) is 23.0. The Balaban J connectivity index is 0.00000241. The third-order valence-corrected chi connectivity index (χ3v) is 6.80. The Hall–Kier alpha value is -2.80. The Bertz CT molecular complexity index is 1350. The van der Waals surface area contributed by atoms with Crippen molar-refractivity contribution in [1.29, 1.82) is 0 Å². The molecule has 2 aromatic carbocycles. The Morgan fingerprint density at radius 2 is 1.91 bits per heavy atom. The topological polar surface area (TPSA) is 51.9 Å². The summed E-state index contributed by atoms with van der Waals surface area (Å²) in [6, 6.07) is 15.0. The molecule has 0 bridgehead atoms. The summed E-state index contributed by atoms with van der Waals surface area (Å²) in [4.78, 5) is 7.46. The van der Waals surface area contributed by atoms with E-state index in [2.05, 4.69) is 36.1 Å². The molecule has 0 saturated heterocycles. The van der Waals surface area contributed by atoms with Crippen LogP contribution in [0.5, 0.6) is 5.75 Å². The highest BCUT2D eigenvalue weighted by molar-refractivity contribution is 6.33. The van der Waals surface area contributed by atoms with E-state index in [4.69, 9.17) is 31.2 Å². The van der Waals surface area contributed by atoms with Gasteiger partial charge in [0.25, 0.3) is 0 Å². The van der Waals surface area contributed by atoms with Gasteiger partial charge in [-0.15, -0.1) is 12.4 Å². The van der Waals surface area contributed by atoms with Crippen molar-refractivity contribution < 1.29 is 9.47 Å². The van der Waals surface area contributed by atoms with Gasteiger partial charge in [-0.25, -0.2) is 4.98 Å². The zero-order valence-corrected chi connectivity index (χ0v) is 20.7. The van der Waals surface area contributed by atoms with Gasteiger partial charge in [-0.2, -0.15) is 9.61 Å². The van der Waals surface area contributed by atoms with Crippen LogP contribution >= 0.6 is 24.0 Å². The van der Waals surface area contributed by atoms with Crippen molar-refractivity contribution in [2.75, 3.05) is 12.0 Å². The minimum absolute atomic E-state index is 0. The van der Waals surface area contributed by atoms with Crippen LogP contribution in [0.15, 0.2) is 48.7 Å². The van der Waals surface area contributed by atoms with Crippen molar-refractivity contribution in [3.05, 3.63) is 76.1 Å². The van der Waals surface area contributed by atoms with Gasteiger partial charge in [0.1, 0.15) is 11.6 Å². The number of rotatable bonds is 6. The van der Waals surface area contributed by atoms with Crippen LogP contribution in [0.4, 0.5) is 5.82 Å². The molecule has 1 fully saturated rings. The minimum atomic E-state index is 0. The van der Waals surface area contributed by atoms with Crippen LogP contribution in [0, 0.1) is 6.92 Å². The molecule has 0 atom stereocenters. The second-order valence-electron chi connectivity index (χ2n) is 8.84. The van der Waals surface area contributed by atoms with Crippen molar-refractivity contribution in [2.45, 2.75) is 45.6 Å². The molecule has 0 spiro atoms. The van der Waals surface area contributed by atoms with Crippen molar-refractivity contribution in [3.8, 4) is 16.9 Å². The summed E-state index contributed by atoms with van der Waals surface area (Å²) in [7, 11) is 1.64. The molecule has 34 heavy (non-hydrogen) atoms. The first-order chi connectivity index (χ1) is 16.1. The highest BCUT2D eigenvalue weighted by Crippen LogP contribution is 2.40. The standard InChI is InChI=1S/C26H25ClN4O2.ClH/c1-16-3-5-17(6-4-16)13-30(18-7-8-18)26-22-14-33-15-24(22)29-25-21(12-28-31(25)26)20-10-9-19(32-2)11-23(20)27;/h3-6,9-12,18H,7-8,13-15H2,1-2H3;1H. The summed E-state index contributed by atoms with van der Waals surface area (Å²) < 4.78 is 13.1. The van der Waals surface area contributed by atoms with Gasteiger partial charge < -0.3 is 14.4 Å². The number of hydrogen-bond acceptors (Lipinski definition) is 5. The summed E-state index contributed by atoms with van der Waals surface area (Å²) in [5.41, 5.74) is 7.28. The molecule has 0 N–H and O–H groups in total. The van der Waals surface area contributed by atoms with E-state index in [-0.39, 0.29) is 12.4 Å². The number of fused-ring (bicyclic) bond motifs is 2. The van der Waals surface area contributed by atoms with E-state index in [1.807, 2.05) is 28.9 Å². The molecule has 2 aromatic heterocycles.